The fourth-order valence-corrected chi connectivity index (χ4v) is 9.95. The molecule has 0 bridgehead atoms. The molecule has 9 aromatic carbocycles. The van der Waals surface area contributed by atoms with Crippen LogP contribution < -0.4 is 0 Å². The van der Waals surface area contributed by atoms with Crippen LogP contribution in [0.4, 0.5) is 0 Å². The fraction of sp³-hybridized carbons (Fsp3) is 0. The highest BCUT2D eigenvalue weighted by Crippen LogP contribution is 2.44. The molecule has 0 saturated carbocycles. The molecular formula is C56H36N6. The first-order valence-electron chi connectivity index (χ1n) is 21.0. The van der Waals surface area contributed by atoms with E-state index in [1.165, 1.54) is 38.0 Å². The van der Waals surface area contributed by atoms with Crippen LogP contribution in [0.15, 0.2) is 218 Å². The molecule has 4 heterocycles. The van der Waals surface area contributed by atoms with E-state index in [0.29, 0.717) is 0 Å². The van der Waals surface area contributed by atoms with Crippen molar-refractivity contribution in [1.29, 1.82) is 0 Å². The molecule has 62 heavy (non-hydrogen) atoms. The van der Waals surface area contributed by atoms with Crippen LogP contribution in [0.2, 0.25) is 0 Å². The van der Waals surface area contributed by atoms with E-state index >= 15 is 0 Å². The lowest BCUT2D eigenvalue weighted by atomic mass is 10.0. The number of nitrogens with zero attached hydrogens (tertiary/aromatic N) is 6. The van der Waals surface area contributed by atoms with Crippen LogP contribution in [0.5, 0.6) is 0 Å². The Balaban J connectivity index is 1.10. The lowest BCUT2D eigenvalue weighted by molar-refractivity contribution is 0.809. The topological polar surface area (TPSA) is 45.5 Å². The predicted molar refractivity (Wildman–Crippen MR) is 255 cm³/mol. The molecule has 0 spiro atoms. The van der Waals surface area contributed by atoms with Crippen molar-refractivity contribution in [3.8, 4) is 45.3 Å². The van der Waals surface area contributed by atoms with Gasteiger partial charge < -0.3 is 13.7 Å². The van der Waals surface area contributed by atoms with Crippen LogP contribution >= 0.6 is 0 Å². The van der Waals surface area contributed by atoms with Crippen LogP contribution in [0.25, 0.3) is 111 Å². The number of fused-ring (bicyclic) bond motifs is 10. The summed E-state index contributed by atoms with van der Waals surface area (Å²) in [7, 11) is 0. The number of hydrogen-bond acceptors (Lipinski definition) is 2. The zero-order valence-corrected chi connectivity index (χ0v) is 33.5. The van der Waals surface area contributed by atoms with Crippen LogP contribution in [0.1, 0.15) is 0 Å². The molecule has 0 saturated heterocycles. The molecule has 0 radical (unpaired) electrons. The Morgan fingerprint density at radius 3 is 1.52 bits per heavy atom. The van der Waals surface area contributed by atoms with Crippen molar-refractivity contribution >= 4 is 65.4 Å². The Labute approximate surface area is 356 Å². The van der Waals surface area contributed by atoms with Crippen LogP contribution in [-0.2, 0) is 0 Å². The van der Waals surface area contributed by atoms with E-state index in [-0.39, 0.29) is 0 Å². The maximum atomic E-state index is 4.87. The third-order valence-corrected chi connectivity index (χ3v) is 12.5. The van der Waals surface area contributed by atoms with Gasteiger partial charge in [-0.2, -0.15) is 0 Å². The van der Waals surface area contributed by atoms with E-state index < -0.39 is 0 Å². The minimum absolute atomic E-state index is 0.831. The van der Waals surface area contributed by atoms with Gasteiger partial charge in [0.25, 0.3) is 0 Å². The van der Waals surface area contributed by atoms with Gasteiger partial charge in [0.2, 0.25) is 0 Å². The number of benzene rings is 9. The first-order chi connectivity index (χ1) is 30.8. The summed E-state index contributed by atoms with van der Waals surface area (Å²) >= 11 is 0. The second kappa shape index (κ2) is 13.5. The maximum Gasteiger partial charge on any atom is 0.121 e. The zero-order chi connectivity index (χ0) is 40.7. The quantitative estimate of drug-likeness (QED) is 0.168. The number of para-hydroxylation sites is 6. The van der Waals surface area contributed by atoms with Crippen molar-refractivity contribution < 1.29 is 0 Å². The summed E-state index contributed by atoms with van der Waals surface area (Å²) < 4.78 is 9.30. The van der Waals surface area contributed by atoms with E-state index in [4.69, 9.17) is 10.3 Å². The van der Waals surface area contributed by atoms with Gasteiger partial charge >= 0.3 is 0 Å². The molecule has 4 aromatic heterocycles. The average Bonchev–Trinajstić information content (AvgIpc) is 4.11. The van der Waals surface area contributed by atoms with Gasteiger partial charge in [0.1, 0.15) is 11.4 Å². The summed E-state index contributed by atoms with van der Waals surface area (Å²) in [6, 6.07) is 78.0. The maximum absolute atomic E-state index is 4.87. The van der Waals surface area contributed by atoms with Gasteiger partial charge in [-0.15, -0.1) is 5.10 Å². The normalized spacial score (nSPS) is 11.9. The van der Waals surface area contributed by atoms with Crippen molar-refractivity contribution in [2.45, 2.75) is 0 Å². The summed E-state index contributed by atoms with van der Waals surface area (Å²) in [4.78, 5) is 0. The Bertz CT molecular complexity index is 3790. The molecule has 0 aliphatic rings. The second-order valence-corrected chi connectivity index (χ2v) is 15.9. The molecule has 0 N–H and O–H groups in total. The molecule has 0 amide bonds. The summed E-state index contributed by atoms with van der Waals surface area (Å²) in [5, 5.41) is 17.0. The molecule has 0 fully saturated rings. The fourth-order valence-electron chi connectivity index (χ4n) is 9.95. The van der Waals surface area contributed by atoms with Crippen LogP contribution in [-0.4, -0.2) is 28.7 Å². The molecule has 6 heteroatoms. The van der Waals surface area contributed by atoms with Gasteiger partial charge in [-0.05, 0) is 66.7 Å². The van der Waals surface area contributed by atoms with Crippen molar-refractivity contribution in [2.75, 3.05) is 0 Å². The highest BCUT2D eigenvalue weighted by molar-refractivity contribution is 6.26. The Hall–Kier alpha value is -8.48. The van der Waals surface area contributed by atoms with Crippen LogP contribution in [0.3, 0.4) is 0 Å². The lowest BCUT2D eigenvalue weighted by Crippen LogP contribution is -2.02. The van der Waals surface area contributed by atoms with Gasteiger partial charge in [0.15, 0.2) is 0 Å². The minimum Gasteiger partial charge on any atom is -0.309 e. The summed E-state index contributed by atoms with van der Waals surface area (Å²) in [6.07, 6.45) is 0. The van der Waals surface area contributed by atoms with E-state index in [1.54, 1.807) is 0 Å². The van der Waals surface area contributed by atoms with E-state index in [0.717, 1.165) is 72.7 Å². The average molecular weight is 793 g/mol. The lowest BCUT2D eigenvalue weighted by Gasteiger charge is -2.15. The SMILES string of the molecule is c1ccc(-c2nnn(-c3ccccc3)c2-c2cccc3c4ccccc4n(-c4cccc(-n5c6ccccc6c6c5ccc5c7ccccc7n(-c7ccccc7)c56)c4)c23)cc1. The first-order valence-corrected chi connectivity index (χ1v) is 21.0. The highest BCUT2D eigenvalue weighted by atomic mass is 15.4. The summed E-state index contributed by atoms with van der Waals surface area (Å²) in [6.45, 7) is 0. The Morgan fingerprint density at radius 2 is 0.823 bits per heavy atom. The number of hydrogen-bond donors (Lipinski definition) is 0. The molecule has 0 aliphatic carbocycles. The summed E-state index contributed by atoms with van der Waals surface area (Å²) in [5.74, 6) is 0. The highest BCUT2D eigenvalue weighted by Gasteiger charge is 2.25. The standard InChI is InChI=1S/C56H36N6/c1-4-18-37(19-5-1)53-56(62(58-57-53)39-22-8-3-9-23-39)47-30-17-29-44-42-26-10-14-32-49(42)61(54(44)47)41-25-16-24-40(36-41)59-50-33-15-12-28-46(50)52-51(59)35-34-45-43-27-11-13-31-48(43)60(55(45)52)38-20-6-2-7-21-38/h1-36H. The van der Waals surface area contributed by atoms with Crippen molar-refractivity contribution in [1.82, 2.24) is 28.7 Å². The van der Waals surface area contributed by atoms with Crippen molar-refractivity contribution in [3.63, 3.8) is 0 Å². The van der Waals surface area contributed by atoms with Gasteiger partial charge in [0, 0.05) is 60.5 Å². The smallest absolute Gasteiger partial charge is 0.121 e. The molecule has 13 aromatic rings. The third-order valence-electron chi connectivity index (χ3n) is 12.5. The minimum atomic E-state index is 0.831. The van der Waals surface area contributed by atoms with Crippen molar-refractivity contribution in [3.05, 3.63) is 218 Å². The van der Waals surface area contributed by atoms with Gasteiger partial charge in [0.05, 0.1) is 38.8 Å². The monoisotopic (exact) mass is 792 g/mol. The van der Waals surface area contributed by atoms with E-state index in [2.05, 4.69) is 208 Å². The molecule has 13 rings (SSSR count). The van der Waals surface area contributed by atoms with Gasteiger partial charge in [-0.25, -0.2) is 4.68 Å². The number of rotatable bonds is 6. The molecule has 6 nitrogen and oxygen atoms in total. The van der Waals surface area contributed by atoms with Gasteiger partial charge in [-0.1, -0.05) is 157 Å². The Kier molecular flexibility index (Phi) is 7.50. The first kappa shape index (κ1) is 34.4. The molecule has 0 atom stereocenters. The number of aromatic nitrogens is 6. The third kappa shape index (κ3) is 4.98. The zero-order valence-electron chi connectivity index (χ0n) is 33.5. The second-order valence-electron chi connectivity index (χ2n) is 15.9. The molecule has 0 unspecified atom stereocenters. The van der Waals surface area contributed by atoms with Gasteiger partial charge in [-0.3, -0.25) is 0 Å². The molecule has 290 valence electrons. The molecule has 0 aliphatic heterocycles. The van der Waals surface area contributed by atoms with Crippen LogP contribution in [0, 0.1) is 0 Å². The van der Waals surface area contributed by atoms with E-state index in [9.17, 15) is 0 Å². The summed E-state index contributed by atoms with van der Waals surface area (Å²) in [5.41, 5.74) is 15.0. The molecular weight excluding hydrogens is 757 g/mol. The largest absolute Gasteiger partial charge is 0.309 e. The Morgan fingerprint density at radius 1 is 0.323 bits per heavy atom. The predicted octanol–water partition coefficient (Wildman–Crippen LogP) is 13.9. The van der Waals surface area contributed by atoms with Crippen molar-refractivity contribution in [2.24, 2.45) is 0 Å². The van der Waals surface area contributed by atoms with E-state index in [1.807, 2.05) is 28.9 Å².